The van der Waals surface area contributed by atoms with Crippen molar-refractivity contribution < 1.29 is 9.53 Å². The van der Waals surface area contributed by atoms with E-state index in [4.69, 9.17) is 10.00 Å². The maximum absolute atomic E-state index is 12.1. The Bertz CT molecular complexity index is 675. The van der Waals surface area contributed by atoms with Crippen LogP contribution in [0.25, 0.3) is 0 Å². The van der Waals surface area contributed by atoms with E-state index in [1.54, 1.807) is 43.0 Å². The van der Waals surface area contributed by atoms with Crippen molar-refractivity contribution in [3.05, 3.63) is 54.1 Å². The van der Waals surface area contributed by atoms with Crippen molar-refractivity contribution in [2.24, 2.45) is 0 Å². The van der Waals surface area contributed by atoms with Gasteiger partial charge in [0, 0.05) is 10.6 Å². The molecule has 22 heavy (non-hydrogen) atoms. The predicted octanol–water partition coefficient (Wildman–Crippen LogP) is 3.69. The van der Waals surface area contributed by atoms with Crippen LogP contribution in [0.2, 0.25) is 0 Å². The monoisotopic (exact) mass is 312 g/mol. The van der Waals surface area contributed by atoms with Crippen LogP contribution in [0, 0.1) is 11.3 Å². The summed E-state index contributed by atoms with van der Waals surface area (Å²) in [6.07, 6.45) is 1.39. The number of rotatable bonds is 5. The van der Waals surface area contributed by atoms with Crippen molar-refractivity contribution in [3.8, 4) is 11.8 Å². The third-order valence-electron chi connectivity index (χ3n) is 3.02. The normalized spacial score (nSPS) is 11.3. The predicted molar refractivity (Wildman–Crippen MR) is 88.1 cm³/mol. The minimum atomic E-state index is -0.615. The Morgan fingerprint density at radius 2 is 1.82 bits per heavy atom. The van der Waals surface area contributed by atoms with Crippen LogP contribution in [0.15, 0.2) is 53.4 Å². The largest absolute Gasteiger partial charge is 0.481 e. The number of carbonyl (C=O) groups is 1. The van der Waals surface area contributed by atoms with Crippen molar-refractivity contribution in [3.63, 3.8) is 0 Å². The van der Waals surface area contributed by atoms with E-state index in [9.17, 15) is 4.79 Å². The molecule has 112 valence electrons. The van der Waals surface area contributed by atoms with Crippen LogP contribution >= 0.6 is 11.8 Å². The van der Waals surface area contributed by atoms with Crippen molar-refractivity contribution >= 4 is 23.4 Å². The highest BCUT2D eigenvalue weighted by molar-refractivity contribution is 7.98. The molecular weight excluding hydrogens is 296 g/mol. The number of nitrogens with zero attached hydrogens (tertiary/aromatic N) is 1. The zero-order valence-electron chi connectivity index (χ0n) is 12.4. The van der Waals surface area contributed by atoms with Crippen molar-refractivity contribution in [1.82, 2.24) is 0 Å². The summed E-state index contributed by atoms with van der Waals surface area (Å²) in [7, 11) is 0. The Hall–Kier alpha value is -2.45. The first-order valence-electron chi connectivity index (χ1n) is 6.74. The highest BCUT2D eigenvalue weighted by Gasteiger charge is 2.14. The van der Waals surface area contributed by atoms with Crippen LogP contribution in [0.5, 0.6) is 5.75 Å². The van der Waals surface area contributed by atoms with Gasteiger partial charge in [-0.25, -0.2) is 0 Å². The minimum Gasteiger partial charge on any atom is -0.481 e. The topological polar surface area (TPSA) is 62.1 Å². The molecule has 5 heteroatoms. The van der Waals surface area contributed by atoms with E-state index in [0.717, 1.165) is 4.90 Å². The van der Waals surface area contributed by atoms with Gasteiger partial charge in [0.2, 0.25) is 0 Å². The maximum atomic E-state index is 12.1. The second kappa shape index (κ2) is 7.53. The fraction of sp³-hybridized carbons (Fsp3) is 0.176. The van der Waals surface area contributed by atoms with Crippen molar-refractivity contribution in [2.45, 2.75) is 17.9 Å². The summed E-state index contributed by atoms with van der Waals surface area (Å²) in [5, 5.41) is 11.5. The Balaban J connectivity index is 1.94. The molecule has 1 N–H and O–H groups in total. The summed E-state index contributed by atoms with van der Waals surface area (Å²) in [4.78, 5) is 13.2. The summed E-state index contributed by atoms with van der Waals surface area (Å²) in [5.41, 5.74) is 1.19. The van der Waals surface area contributed by atoms with Gasteiger partial charge in [-0.05, 0) is 61.7 Å². The number of benzene rings is 2. The summed E-state index contributed by atoms with van der Waals surface area (Å²) >= 11 is 1.65. The second-order valence-electron chi connectivity index (χ2n) is 4.61. The number of thioether (sulfide) groups is 1. The van der Waals surface area contributed by atoms with E-state index < -0.39 is 6.10 Å². The number of nitriles is 1. The Morgan fingerprint density at radius 3 is 2.36 bits per heavy atom. The number of hydrogen-bond donors (Lipinski definition) is 1. The van der Waals surface area contributed by atoms with Gasteiger partial charge in [-0.2, -0.15) is 5.26 Å². The number of carbonyl (C=O) groups excluding carboxylic acids is 1. The number of anilines is 1. The molecule has 0 aliphatic heterocycles. The summed E-state index contributed by atoms with van der Waals surface area (Å²) < 4.78 is 5.62. The zero-order chi connectivity index (χ0) is 15.9. The molecule has 0 fully saturated rings. The van der Waals surface area contributed by atoms with E-state index in [0.29, 0.717) is 17.0 Å². The van der Waals surface area contributed by atoms with E-state index in [2.05, 4.69) is 5.32 Å². The summed E-state index contributed by atoms with van der Waals surface area (Å²) in [6.45, 7) is 1.70. The molecule has 0 saturated heterocycles. The van der Waals surface area contributed by atoms with E-state index >= 15 is 0 Å². The molecule has 0 saturated carbocycles. The molecule has 0 bridgehead atoms. The molecule has 0 heterocycles. The number of hydrogen-bond acceptors (Lipinski definition) is 4. The minimum absolute atomic E-state index is 0.237. The second-order valence-corrected chi connectivity index (χ2v) is 5.49. The van der Waals surface area contributed by atoms with Crippen molar-refractivity contribution in [1.29, 1.82) is 5.26 Å². The maximum Gasteiger partial charge on any atom is 0.265 e. The molecule has 0 aromatic heterocycles. The number of amides is 1. The standard InChI is InChI=1S/C17H16N2O2S/c1-12(21-15-7-9-16(22-2)10-8-15)17(20)19-14-5-3-13(11-18)4-6-14/h3-10,12H,1-2H3,(H,19,20). The molecule has 0 spiro atoms. The highest BCUT2D eigenvalue weighted by atomic mass is 32.2. The molecule has 1 atom stereocenters. The van der Waals surface area contributed by atoms with Crippen LogP contribution in [0.3, 0.4) is 0 Å². The lowest BCUT2D eigenvalue weighted by molar-refractivity contribution is -0.122. The lowest BCUT2D eigenvalue weighted by atomic mass is 10.2. The third kappa shape index (κ3) is 4.27. The van der Waals surface area contributed by atoms with Gasteiger partial charge in [-0.3, -0.25) is 4.79 Å². The Kier molecular flexibility index (Phi) is 5.45. The smallest absolute Gasteiger partial charge is 0.265 e. The van der Waals surface area contributed by atoms with Gasteiger partial charge < -0.3 is 10.1 Å². The average molecular weight is 312 g/mol. The third-order valence-corrected chi connectivity index (χ3v) is 3.77. The van der Waals surface area contributed by atoms with Crippen LogP contribution < -0.4 is 10.1 Å². The van der Waals surface area contributed by atoms with Gasteiger partial charge in [0.25, 0.3) is 5.91 Å². The lowest BCUT2D eigenvalue weighted by Crippen LogP contribution is -2.30. The quantitative estimate of drug-likeness (QED) is 0.855. The molecule has 1 unspecified atom stereocenters. The molecule has 2 aromatic rings. The first-order chi connectivity index (χ1) is 10.6. The van der Waals surface area contributed by atoms with Gasteiger partial charge >= 0.3 is 0 Å². The van der Waals surface area contributed by atoms with E-state index in [-0.39, 0.29) is 5.91 Å². The average Bonchev–Trinajstić information content (AvgIpc) is 2.56. The molecule has 4 nitrogen and oxygen atoms in total. The first-order valence-corrected chi connectivity index (χ1v) is 7.96. The highest BCUT2D eigenvalue weighted by Crippen LogP contribution is 2.20. The lowest BCUT2D eigenvalue weighted by Gasteiger charge is -2.15. The van der Waals surface area contributed by atoms with Gasteiger partial charge in [0.15, 0.2) is 6.10 Å². The van der Waals surface area contributed by atoms with E-state index in [1.165, 1.54) is 0 Å². The van der Waals surface area contributed by atoms with Gasteiger partial charge in [-0.1, -0.05) is 0 Å². The molecule has 1 amide bonds. The SMILES string of the molecule is CSc1ccc(OC(C)C(=O)Nc2ccc(C#N)cc2)cc1. The molecule has 0 aliphatic rings. The number of nitrogens with one attached hydrogen (secondary N) is 1. The Labute approximate surface area is 134 Å². The van der Waals surface area contributed by atoms with Crippen molar-refractivity contribution in [2.75, 3.05) is 11.6 Å². The number of ether oxygens (including phenoxy) is 1. The molecule has 0 radical (unpaired) electrons. The summed E-state index contributed by atoms with van der Waals surface area (Å²) in [6, 6.07) is 16.3. The first kappa shape index (κ1) is 15.9. The Morgan fingerprint density at radius 1 is 1.18 bits per heavy atom. The molecule has 2 rings (SSSR count). The van der Waals surface area contributed by atoms with Crippen LogP contribution in [0.1, 0.15) is 12.5 Å². The molecule has 0 aliphatic carbocycles. The van der Waals surface area contributed by atoms with Gasteiger partial charge in [-0.15, -0.1) is 11.8 Å². The summed E-state index contributed by atoms with van der Waals surface area (Å²) in [5.74, 6) is 0.416. The zero-order valence-corrected chi connectivity index (χ0v) is 13.2. The van der Waals surface area contributed by atoms with Crippen LogP contribution in [0.4, 0.5) is 5.69 Å². The van der Waals surface area contributed by atoms with Gasteiger partial charge in [0.1, 0.15) is 5.75 Å². The molecule has 2 aromatic carbocycles. The molecular formula is C17H16N2O2S. The van der Waals surface area contributed by atoms with Gasteiger partial charge in [0.05, 0.1) is 11.6 Å². The fourth-order valence-electron chi connectivity index (χ4n) is 1.78. The van der Waals surface area contributed by atoms with Crippen LogP contribution in [-0.2, 0) is 4.79 Å². The fourth-order valence-corrected chi connectivity index (χ4v) is 2.19. The van der Waals surface area contributed by atoms with E-state index in [1.807, 2.05) is 36.6 Å². The van der Waals surface area contributed by atoms with Crippen LogP contribution in [-0.4, -0.2) is 18.3 Å².